The van der Waals surface area contributed by atoms with Crippen molar-refractivity contribution in [3.63, 3.8) is 0 Å². The summed E-state index contributed by atoms with van der Waals surface area (Å²) in [6.07, 6.45) is 18.3. The lowest BCUT2D eigenvalue weighted by Gasteiger charge is -1.97. The van der Waals surface area contributed by atoms with Crippen LogP contribution in [0.25, 0.3) is 0 Å². The fourth-order valence-electron chi connectivity index (χ4n) is 1.39. The van der Waals surface area contributed by atoms with Gasteiger partial charge in [0.15, 0.2) is 0 Å². The molecule has 0 fully saturated rings. The highest BCUT2D eigenvalue weighted by Gasteiger charge is 1.87. The second-order valence-electron chi connectivity index (χ2n) is 3.48. The fraction of sp³-hybridized carbons (Fsp3) is 0.692. The molecule has 0 heterocycles. The normalized spacial score (nSPS) is 11.8. The van der Waals surface area contributed by atoms with Crippen molar-refractivity contribution in [1.82, 2.24) is 0 Å². The maximum Gasteiger partial charge on any atom is -0.0351 e. The quantitative estimate of drug-likeness (QED) is 0.369. The fourth-order valence-corrected chi connectivity index (χ4v) is 1.39. The zero-order chi connectivity index (χ0) is 9.78. The van der Waals surface area contributed by atoms with Crippen LogP contribution in [-0.2, 0) is 0 Å². The SMILES string of the molecule is C/C=C/CCCCCCC/C=C/C. The van der Waals surface area contributed by atoms with E-state index in [1.165, 1.54) is 44.9 Å². The van der Waals surface area contributed by atoms with Gasteiger partial charge in [0.2, 0.25) is 0 Å². The largest absolute Gasteiger partial charge is 0.0917 e. The highest BCUT2D eigenvalue weighted by Crippen LogP contribution is 2.07. The molecule has 0 spiro atoms. The lowest BCUT2D eigenvalue weighted by molar-refractivity contribution is 0.622. The average Bonchev–Trinajstić information content (AvgIpc) is 2.16. The molecular weight excluding hydrogens is 156 g/mol. The second kappa shape index (κ2) is 11.5. The summed E-state index contributed by atoms with van der Waals surface area (Å²) >= 11 is 0. The van der Waals surface area contributed by atoms with E-state index in [4.69, 9.17) is 0 Å². The molecular formula is C13H24. The van der Waals surface area contributed by atoms with E-state index in [-0.39, 0.29) is 0 Å². The van der Waals surface area contributed by atoms with E-state index in [1.54, 1.807) is 0 Å². The zero-order valence-corrected chi connectivity index (χ0v) is 9.26. The Bertz CT molecular complexity index is 115. The molecule has 0 aliphatic heterocycles. The highest BCUT2D eigenvalue weighted by molar-refractivity contribution is 4.77. The van der Waals surface area contributed by atoms with E-state index in [0.29, 0.717) is 0 Å². The molecule has 0 bridgehead atoms. The molecule has 0 aliphatic rings. The van der Waals surface area contributed by atoms with Gasteiger partial charge in [-0.05, 0) is 39.5 Å². The van der Waals surface area contributed by atoms with Gasteiger partial charge in [0.1, 0.15) is 0 Å². The van der Waals surface area contributed by atoms with Gasteiger partial charge in [0.25, 0.3) is 0 Å². The smallest absolute Gasteiger partial charge is 0.0351 e. The Balaban J connectivity index is 2.91. The van der Waals surface area contributed by atoms with Gasteiger partial charge in [0, 0.05) is 0 Å². The minimum absolute atomic E-state index is 1.27. The molecule has 0 aromatic heterocycles. The van der Waals surface area contributed by atoms with E-state index in [1.807, 2.05) is 0 Å². The van der Waals surface area contributed by atoms with Crippen LogP contribution in [0.15, 0.2) is 24.3 Å². The number of unbranched alkanes of at least 4 members (excludes halogenated alkanes) is 6. The van der Waals surface area contributed by atoms with Crippen molar-refractivity contribution in [2.45, 2.75) is 58.8 Å². The summed E-state index contributed by atoms with van der Waals surface area (Å²) in [4.78, 5) is 0. The van der Waals surface area contributed by atoms with Crippen LogP contribution in [0.1, 0.15) is 58.8 Å². The Morgan fingerprint density at radius 3 is 1.38 bits per heavy atom. The maximum absolute atomic E-state index is 2.26. The second-order valence-corrected chi connectivity index (χ2v) is 3.48. The monoisotopic (exact) mass is 180 g/mol. The summed E-state index contributed by atoms with van der Waals surface area (Å²) < 4.78 is 0. The standard InChI is InChI=1S/C13H24/c1-3-5-7-9-11-13-12-10-8-6-4-2/h3-6H,7-13H2,1-2H3/b5-3+,6-4+. The van der Waals surface area contributed by atoms with E-state index >= 15 is 0 Å². The van der Waals surface area contributed by atoms with Crippen molar-refractivity contribution in [2.24, 2.45) is 0 Å². The zero-order valence-electron chi connectivity index (χ0n) is 9.26. The molecule has 0 rings (SSSR count). The molecule has 0 radical (unpaired) electrons. The van der Waals surface area contributed by atoms with Crippen LogP contribution in [-0.4, -0.2) is 0 Å². The first kappa shape index (κ1) is 12.5. The summed E-state index contributed by atoms with van der Waals surface area (Å²) in [5, 5.41) is 0. The first-order valence-electron chi connectivity index (χ1n) is 5.64. The van der Waals surface area contributed by atoms with Gasteiger partial charge >= 0.3 is 0 Å². The Hall–Kier alpha value is -0.520. The van der Waals surface area contributed by atoms with E-state index in [0.717, 1.165) is 0 Å². The highest BCUT2D eigenvalue weighted by atomic mass is 13.9. The molecule has 0 aromatic rings. The van der Waals surface area contributed by atoms with Gasteiger partial charge in [0.05, 0.1) is 0 Å². The minimum atomic E-state index is 1.27. The van der Waals surface area contributed by atoms with Crippen molar-refractivity contribution >= 4 is 0 Å². The first-order chi connectivity index (χ1) is 6.41. The van der Waals surface area contributed by atoms with Crippen LogP contribution in [0.3, 0.4) is 0 Å². The van der Waals surface area contributed by atoms with E-state index < -0.39 is 0 Å². The topological polar surface area (TPSA) is 0 Å². The molecule has 76 valence electrons. The Morgan fingerprint density at radius 2 is 1.00 bits per heavy atom. The Labute approximate surface area is 83.7 Å². The molecule has 0 aromatic carbocycles. The summed E-state index contributed by atoms with van der Waals surface area (Å²) in [6.45, 7) is 4.19. The van der Waals surface area contributed by atoms with Crippen LogP contribution >= 0.6 is 0 Å². The van der Waals surface area contributed by atoms with Gasteiger partial charge in [-0.3, -0.25) is 0 Å². The molecule has 0 amide bonds. The number of hydrogen-bond donors (Lipinski definition) is 0. The van der Waals surface area contributed by atoms with Gasteiger partial charge in [-0.2, -0.15) is 0 Å². The maximum atomic E-state index is 2.26. The van der Waals surface area contributed by atoms with Crippen molar-refractivity contribution < 1.29 is 0 Å². The molecule has 0 nitrogen and oxygen atoms in total. The number of allylic oxidation sites excluding steroid dienone is 4. The Morgan fingerprint density at radius 1 is 0.615 bits per heavy atom. The minimum Gasteiger partial charge on any atom is -0.0917 e. The third-order valence-corrected chi connectivity index (χ3v) is 2.21. The van der Waals surface area contributed by atoms with Crippen molar-refractivity contribution in [3.05, 3.63) is 24.3 Å². The van der Waals surface area contributed by atoms with Crippen LogP contribution in [0.2, 0.25) is 0 Å². The van der Waals surface area contributed by atoms with Crippen LogP contribution in [0, 0.1) is 0 Å². The summed E-state index contributed by atoms with van der Waals surface area (Å²) in [7, 11) is 0. The molecule has 0 N–H and O–H groups in total. The third-order valence-electron chi connectivity index (χ3n) is 2.21. The van der Waals surface area contributed by atoms with Gasteiger partial charge in [-0.25, -0.2) is 0 Å². The van der Waals surface area contributed by atoms with Crippen LogP contribution in [0.4, 0.5) is 0 Å². The molecule has 0 unspecified atom stereocenters. The number of hydrogen-bond acceptors (Lipinski definition) is 0. The average molecular weight is 180 g/mol. The summed E-state index contributed by atoms with van der Waals surface area (Å²) in [6, 6.07) is 0. The number of rotatable bonds is 8. The first-order valence-corrected chi connectivity index (χ1v) is 5.64. The lowest BCUT2D eigenvalue weighted by atomic mass is 10.1. The predicted octanol–water partition coefficient (Wildman–Crippen LogP) is 4.87. The summed E-state index contributed by atoms with van der Waals surface area (Å²) in [5.41, 5.74) is 0. The molecule has 0 aliphatic carbocycles. The van der Waals surface area contributed by atoms with Gasteiger partial charge < -0.3 is 0 Å². The lowest BCUT2D eigenvalue weighted by Crippen LogP contribution is -1.77. The van der Waals surface area contributed by atoms with E-state index in [2.05, 4.69) is 38.2 Å². The molecule has 0 atom stereocenters. The Kier molecular flexibility index (Phi) is 11.0. The van der Waals surface area contributed by atoms with Crippen LogP contribution in [0.5, 0.6) is 0 Å². The molecule has 0 heteroatoms. The van der Waals surface area contributed by atoms with Gasteiger partial charge in [-0.1, -0.05) is 43.6 Å². The predicted molar refractivity (Wildman–Crippen MR) is 61.9 cm³/mol. The van der Waals surface area contributed by atoms with Crippen molar-refractivity contribution in [3.8, 4) is 0 Å². The molecule has 13 heavy (non-hydrogen) atoms. The van der Waals surface area contributed by atoms with Gasteiger partial charge in [-0.15, -0.1) is 0 Å². The third kappa shape index (κ3) is 11.5. The van der Waals surface area contributed by atoms with Crippen LogP contribution < -0.4 is 0 Å². The molecule has 0 saturated heterocycles. The summed E-state index contributed by atoms with van der Waals surface area (Å²) in [5.74, 6) is 0. The van der Waals surface area contributed by atoms with E-state index in [9.17, 15) is 0 Å². The molecule has 0 saturated carbocycles. The van der Waals surface area contributed by atoms with Crippen molar-refractivity contribution in [1.29, 1.82) is 0 Å². The van der Waals surface area contributed by atoms with Crippen molar-refractivity contribution in [2.75, 3.05) is 0 Å².